The number of carbonyl (C=O) groups excluding carboxylic acids is 2. The van der Waals surface area contributed by atoms with Gasteiger partial charge in [0.2, 0.25) is 11.1 Å². The van der Waals surface area contributed by atoms with Gasteiger partial charge in [0.15, 0.2) is 0 Å². The minimum absolute atomic E-state index is 0.0265. The Labute approximate surface area is 207 Å². The maximum atomic E-state index is 12.8. The van der Waals surface area contributed by atoms with E-state index in [9.17, 15) is 9.59 Å². The van der Waals surface area contributed by atoms with Crippen molar-refractivity contribution in [2.45, 2.75) is 38.9 Å². The smallest absolute Gasteiger partial charge is 0.253 e. The van der Waals surface area contributed by atoms with Crippen LogP contribution in [0.4, 0.5) is 5.69 Å². The summed E-state index contributed by atoms with van der Waals surface area (Å²) in [5.41, 5.74) is 3.25. The fraction of sp³-hybridized carbons (Fsp3) is 0.304. The first kappa shape index (κ1) is 25.1. The lowest BCUT2D eigenvalue weighted by molar-refractivity contribution is -0.113. The molecule has 7 nitrogen and oxygen atoms in total. The van der Waals surface area contributed by atoms with E-state index < -0.39 is 6.04 Å². The van der Waals surface area contributed by atoms with Gasteiger partial charge in [0.05, 0.1) is 22.4 Å². The van der Waals surface area contributed by atoms with E-state index in [1.54, 1.807) is 12.1 Å². The van der Waals surface area contributed by atoms with Gasteiger partial charge < -0.3 is 10.6 Å². The van der Waals surface area contributed by atoms with Gasteiger partial charge in [-0.2, -0.15) is 0 Å². The number of aromatic nitrogens is 3. The number of nitrogens with zero attached hydrogens (tertiary/aromatic N) is 2. The SMILES string of the molecule is Cc1ccc(NC(=O)CSc2n[nH]c([C@@H](NC(=O)c3ccc(Cl)cc3Cl)C(C)C)n2)c(C)c1. The number of carbonyl (C=O) groups is 2. The van der Waals surface area contributed by atoms with Crippen LogP contribution in [0.3, 0.4) is 0 Å². The van der Waals surface area contributed by atoms with Crippen LogP contribution in [0.1, 0.15) is 47.2 Å². The van der Waals surface area contributed by atoms with E-state index in [0.717, 1.165) is 16.8 Å². The van der Waals surface area contributed by atoms with Crippen molar-refractivity contribution >= 4 is 52.5 Å². The minimum atomic E-state index is -0.421. The topological polar surface area (TPSA) is 99.8 Å². The lowest BCUT2D eigenvalue weighted by Gasteiger charge is -2.20. The van der Waals surface area contributed by atoms with Crippen LogP contribution >= 0.6 is 35.0 Å². The minimum Gasteiger partial charge on any atom is -0.342 e. The van der Waals surface area contributed by atoms with E-state index in [0.29, 0.717) is 21.6 Å². The van der Waals surface area contributed by atoms with Crippen LogP contribution in [0.25, 0.3) is 0 Å². The molecule has 3 N–H and O–H groups in total. The van der Waals surface area contributed by atoms with Gasteiger partial charge in [-0.05, 0) is 49.6 Å². The van der Waals surface area contributed by atoms with Gasteiger partial charge in [-0.25, -0.2) is 4.98 Å². The standard InChI is InChI=1S/C23H25Cl2N5O2S/c1-12(2)20(27-22(32)16-7-6-15(24)10-17(16)25)21-28-23(30-29-21)33-11-19(31)26-18-8-5-13(3)9-14(18)4/h5-10,12,20H,11H2,1-4H3,(H,26,31)(H,27,32)(H,28,29,30)/t20-/m0/s1. The first-order valence-electron chi connectivity index (χ1n) is 10.3. The average Bonchev–Trinajstić information content (AvgIpc) is 3.21. The monoisotopic (exact) mass is 505 g/mol. The maximum absolute atomic E-state index is 12.8. The molecule has 3 aromatic rings. The number of amides is 2. The molecule has 0 radical (unpaired) electrons. The maximum Gasteiger partial charge on any atom is 0.253 e. The van der Waals surface area contributed by atoms with Gasteiger partial charge in [0, 0.05) is 10.7 Å². The van der Waals surface area contributed by atoms with Gasteiger partial charge >= 0.3 is 0 Å². The summed E-state index contributed by atoms with van der Waals surface area (Å²) in [6.45, 7) is 7.88. The predicted octanol–water partition coefficient (Wildman–Crippen LogP) is 5.59. The van der Waals surface area contributed by atoms with Crippen molar-refractivity contribution in [3.05, 3.63) is 69.0 Å². The molecule has 2 aromatic carbocycles. The number of H-pyrrole nitrogens is 1. The Hall–Kier alpha value is -2.55. The van der Waals surface area contributed by atoms with Gasteiger partial charge in [-0.1, -0.05) is 66.5 Å². The first-order chi connectivity index (χ1) is 15.6. The summed E-state index contributed by atoms with van der Waals surface area (Å²) in [6, 6.07) is 10.1. The molecule has 0 saturated carbocycles. The highest BCUT2D eigenvalue weighted by molar-refractivity contribution is 7.99. The second kappa shape index (κ2) is 11.0. The van der Waals surface area contributed by atoms with Crippen molar-refractivity contribution in [3.63, 3.8) is 0 Å². The number of halogens is 2. The van der Waals surface area contributed by atoms with E-state index in [1.165, 1.54) is 17.8 Å². The fourth-order valence-electron chi connectivity index (χ4n) is 3.18. The molecule has 0 spiro atoms. The molecular weight excluding hydrogens is 481 g/mol. The Morgan fingerprint density at radius 2 is 1.88 bits per heavy atom. The second-order valence-electron chi connectivity index (χ2n) is 7.98. The number of thioether (sulfide) groups is 1. The number of hydrogen-bond donors (Lipinski definition) is 3. The van der Waals surface area contributed by atoms with E-state index in [-0.39, 0.29) is 28.5 Å². The summed E-state index contributed by atoms with van der Waals surface area (Å²) >= 11 is 13.3. The Morgan fingerprint density at radius 1 is 1.12 bits per heavy atom. The quantitative estimate of drug-likeness (QED) is 0.346. The number of anilines is 1. The van der Waals surface area contributed by atoms with Gasteiger partial charge in [0.25, 0.3) is 5.91 Å². The van der Waals surface area contributed by atoms with E-state index >= 15 is 0 Å². The Kier molecular flexibility index (Phi) is 8.40. The van der Waals surface area contributed by atoms with Crippen molar-refractivity contribution in [2.75, 3.05) is 11.1 Å². The van der Waals surface area contributed by atoms with Crippen molar-refractivity contribution in [3.8, 4) is 0 Å². The lowest BCUT2D eigenvalue weighted by atomic mass is 10.0. The average molecular weight is 506 g/mol. The molecule has 33 heavy (non-hydrogen) atoms. The Morgan fingerprint density at radius 3 is 2.55 bits per heavy atom. The summed E-state index contributed by atoms with van der Waals surface area (Å²) in [4.78, 5) is 29.6. The molecule has 0 aliphatic rings. The number of nitrogens with one attached hydrogen (secondary N) is 3. The number of benzene rings is 2. The third-order valence-corrected chi connectivity index (χ3v) is 6.29. The van der Waals surface area contributed by atoms with E-state index in [2.05, 4.69) is 25.8 Å². The number of rotatable bonds is 8. The lowest BCUT2D eigenvalue weighted by Crippen LogP contribution is -2.32. The largest absolute Gasteiger partial charge is 0.342 e. The molecular formula is C23H25Cl2N5O2S. The molecule has 0 bridgehead atoms. The van der Waals surface area contributed by atoms with Gasteiger partial charge in [-0.15, -0.1) is 5.10 Å². The highest BCUT2D eigenvalue weighted by atomic mass is 35.5. The summed E-state index contributed by atoms with van der Waals surface area (Å²) in [6.07, 6.45) is 0. The molecule has 0 saturated heterocycles. The van der Waals surface area contributed by atoms with Gasteiger partial charge in [0.1, 0.15) is 5.82 Å². The van der Waals surface area contributed by atoms with Crippen LogP contribution in [0.15, 0.2) is 41.6 Å². The van der Waals surface area contributed by atoms with Crippen LogP contribution in [-0.4, -0.2) is 32.7 Å². The number of aromatic amines is 1. The zero-order valence-electron chi connectivity index (χ0n) is 18.7. The molecule has 174 valence electrons. The fourth-order valence-corrected chi connectivity index (χ4v) is 4.28. The molecule has 1 heterocycles. The third-order valence-electron chi connectivity index (χ3n) is 4.89. The Balaban J connectivity index is 1.62. The molecule has 0 fully saturated rings. The second-order valence-corrected chi connectivity index (χ2v) is 9.76. The summed E-state index contributed by atoms with van der Waals surface area (Å²) in [5.74, 6) is 0.196. The Bertz CT molecular complexity index is 1170. The van der Waals surface area contributed by atoms with Crippen LogP contribution in [0.5, 0.6) is 0 Å². The molecule has 10 heteroatoms. The zero-order valence-corrected chi connectivity index (χ0v) is 21.0. The predicted molar refractivity (Wildman–Crippen MR) is 133 cm³/mol. The van der Waals surface area contributed by atoms with E-state index in [4.69, 9.17) is 23.2 Å². The van der Waals surface area contributed by atoms with Crippen LogP contribution in [0, 0.1) is 19.8 Å². The van der Waals surface area contributed by atoms with Crippen molar-refractivity contribution in [1.82, 2.24) is 20.5 Å². The first-order valence-corrected chi connectivity index (χ1v) is 12.1. The van der Waals surface area contributed by atoms with E-state index in [1.807, 2.05) is 45.9 Å². The van der Waals surface area contributed by atoms with Crippen molar-refractivity contribution in [1.29, 1.82) is 0 Å². The number of hydrogen-bond acceptors (Lipinski definition) is 5. The highest BCUT2D eigenvalue weighted by Gasteiger charge is 2.24. The van der Waals surface area contributed by atoms with Gasteiger partial charge in [-0.3, -0.25) is 14.7 Å². The van der Waals surface area contributed by atoms with Crippen molar-refractivity contribution < 1.29 is 9.59 Å². The normalized spacial score (nSPS) is 12.0. The van der Waals surface area contributed by atoms with Crippen LogP contribution in [-0.2, 0) is 4.79 Å². The molecule has 3 rings (SSSR count). The summed E-state index contributed by atoms with van der Waals surface area (Å²) in [7, 11) is 0. The van der Waals surface area contributed by atoms with Crippen molar-refractivity contribution in [2.24, 2.45) is 5.92 Å². The van der Waals surface area contributed by atoms with Crippen LogP contribution in [0.2, 0.25) is 10.0 Å². The molecule has 0 aliphatic heterocycles. The third kappa shape index (κ3) is 6.72. The molecule has 2 amide bonds. The van der Waals surface area contributed by atoms with Crippen LogP contribution < -0.4 is 10.6 Å². The summed E-state index contributed by atoms with van der Waals surface area (Å²) < 4.78 is 0. The molecule has 1 aromatic heterocycles. The number of aryl methyl sites for hydroxylation is 2. The molecule has 0 unspecified atom stereocenters. The molecule has 1 atom stereocenters. The zero-order chi connectivity index (χ0) is 24.1. The molecule has 0 aliphatic carbocycles. The summed E-state index contributed by atoms with van der Waals surface area (Å²) in [5, 5.41) is 14.1. The highest BCUT2D eigenvalue weighted by Crippen LogP contribution is 2.25.